The van der Waals surface area contributed by atoms with Gasteiger partial charge < -0.3 is 0 Å². The normalized spacial score (nSPS) is 9.67. The van der Waals surface area contributed by atoms with Crippen molar-refractivity contribution in [2.45, 2.75) is 0 Å². The van der Waals surface area contributed by atoms with Crippen LogP contribution in [0.15, 0.2) is 0 Å². The second-order valence-electron chi connectivity index (χ2n) is 0.448. The fraction of sp³-hybridized carbons (Fsp3) is 0. The van der Waals surface area contributed by atoms with E-state index in [9.17, 15) is 0 Å². The predicted molar refractivity (Wildman–Crippen MR) is 24.1 cm³/mol. The fourth-order valence-electron chi connectivity index (χ4n) is 0. The van der Waals surface area contributed by atoms with Gasteiger partial charge in [0.25, 0.3) is 0 Å². The smallest absolute Gasteiger partial charge is 0.264 e. The summed E-state index contributed by atoms with van der Waals surface area (Å²) in [5.41, 5.74) is 0. The molecule has 0 rings (SSSR count). The molecule has 0 aromatic carbocycles. The van der Waals surface area contributed by atoms with E-state index in [1.54, 1.807) is 0 Å². The Bertz CT molecular complexity index is 90.7. The minimum atomic E-state index is -4.67. The predicted octanol–water partition coefficient (Wildman–Crippen LogP) is -1.84. The van der Waals surface area contributed by atoms with Gasteiger partial charge in [0.05, 0.1) is 8.41 Å². The number of rotatable bonds is 0. The van der Waals surface area contributed by atoms with Crippen LogP contribution in [0.4, 0.5) is 0 Å². The van der Waals surface area contributed by atoms with Gasteiger partial charge in [0.2, 0.25) is 0 Å². The lowest BCUT2D eigenvalue weighted by molar-refractivity contribution is 0.381. The Morgan fingerprint density at radius 1 is 1.17 bits per heavy atom. The zero-order valence-electron chi connectivity index (χ0n) is 2.12. The molecule has 38 valence electrons. The van der Waals surface area contributed by atoms with Gasteiger partial charge in [-0.1, -0.05) is 0 Å². The molecule has 2 N–H and O–H groups in total. The minimum absolute atomic E-state index is 0. The van der Waals surface area contributed by atoms with E-state index < -0.39 is 10.4 Å². The summed E-state index contributed by atoms with van der Waals surface area (Å²) in [6.07, 6.45) is 0. The van der Waals surface area contributed by atoms with Crippen LogP contribution in [0.3, 0.4) is 0 Å². The van der Waals surface area contributed by atoms with Crippen molar-refractivity contribution in [2.24, 2.45) is 0 Å². The molecular formula is H5BO4S. The third-order valence-corrected chi connectivity index (χ3v) is 0. The third-order valence-electron chi connectivity index (χ3n) is 0. The summed E-state index contributed by atoms with van der Waals surface area (Å²) in [7, 11) is -4.67. The molecule has 0 radical (unpaired) electrons. The SMILES string of the molecule is B.O=S(=O)(O)O. The monoisotopic (exact) mass is 112 g/mol. The zero-order valence-corrected chi connectivity index (χ0v) is 2.94. The maximum atomic E-state index is 8.74. The molecule has 4 nitrogen and oxygen atoms in total. The molecule has 0 saturated carbocycles. The van der Waals surface area contributed by atoms with E-state index in [1.807, 2.05) is 0 Å². The lowest BCUT2D eigenvalue weighted by Gasteiger charge is -1.68. The molecule has 0 heterocycles. The van der Waals surface area contributed by atoms with Crippen molar-refractivity contribution >= 4 is 18.8 Å². The first-order valence-corrected chi connectivity index (χ1v) is 2.10. The van der Waals surface area contributed by atoms with Gasteiger partial charge in [-0.25, -0.2) is 0 Å². The van der Waals surface area contributed by atoms with E-state index in [0.29, 0.717) is 0 Å². The maximum Gasteiger partial charge on any atom is 0.394 e. The van der Waals surface area contributed by atoms with Crippen molar-refractivity contribution in [3.8, 4) is 0 Å². The first kappa shape index (κ1) is 9.33. The van der Waals surface area contributed by atoms with E-state index in [2.05, 4.69) is 0 Å². The molecular weight excluding hydrogens is 107 g/mol. The number of hydrogen-bond acceptors (Lipinski definition) is 2. The summed E-state index contributed by atoms with van der Waals surface area (Å²) >= 11 is 0. The summed E-state index contributed by atoms with van der Waals surface area (Å²) in [6.45, 7) is 0. The van der Waals surface area contributed by atoms with Crippen LogP contribution >= 0.6 is 0 Å². The van der Waals surface area contributed by atoms with Crippen LogP contribution in [0.5, 0.6) is 0 Å². The molecule has 0 aliphatic heterocycles. The third kappa shape index (κ3) is 8010. The fourth-order valence-corrected chi connectivity index (χ4v) is 0. The Labute approximate surface area is 37.3 Å². The van der Waals surface area contributed by atoms with Gasteiger partial charge in [0.15, 0.2) is 0 Å². The topological polar surface area (TPSA) is 74.6 Å². The first-order valence-electron chi connectivity index (χ1n) is 0.698. The lowest BCUT2D eigenvalue weighted by atomic mass is 10.8. The molecule has 0 aliphatic rings. The Morgan fingerprint density at radius 2 is 1.17 bits per heavy atom. The van der Waals surface area contributed by atoms with E-state index in [0.717, 1.165) is 0 Å². The van der Waals surface area contributed by atoms with Crippen molar-refractivity contribution < 1.29 is 17.5 Å². The molecule has 0 aliphatic carbocycles. The molecule has 0 aromatic rings. The highest BCUT2D eigenvalue weighted by atomic mass is 32.3. The van der Waals surface area contributed by atoms with Crippen molar-refractivity contribution in [3.63, 3.8) is 0 Å². The second kappa shape index (κ2) is 2.17. The van der Waals surface area contributed by atoms with Crippen LogP contribution in [-0.2, 0) is 10.4 Å². The molecule has 0 saturated heterocycles. The summed E-state index contributed by atoms with van der Waals surface area (Å²) < 4.78 is 31.6. The van der Waals surface area contributed by atoms with Gasteiger partial charge in [-0.15, -0.1) is 0 Å². The summed E-state index contributed by atoms with van der Waals surface area (Å²) in [6, 6.07) is 0. The van der Waals surface area contributed by atoms with Crippen molar-refractivity contribution in [3.05, 3.63) is 0 Å². The molecule has 6 heavy (non-hydrogen) atoms. The molecule has 0 fully saturated rings. The standard InChI is InChI=1S/BH3.H2O4S/c;1-5(2,3)4/h1H3;(H2,1,2,3,4). The molecule has 6 heteroatoms. The van der Waals surface area contributed by atoms with Crippen LogP contribution in [0.2, 0.25) is 0 Å². The van der Waals surface area contributed by atoms with Crippen molar-refractivity contribution in [1.29, 1.82) is 0 Å². The zero-order chi connectivity index (χ0) is 4.50. The van der Waals surface area contributed by atoms with E-state index in [-0.39, 0.29) is 8.41 Å². The minimum Gasteiger partial charge on any atom is -0.264 e. The van der Waals surface area contributed by atoms with Crippen LogP contribution in [0.1, 0.15) is 0 Å². The highest BCUT2D eigenvalue weighted by Gasteiger charge is 1.84. The number of hydrogen-bond donors (Lipinski definition) is 2. The Balaban J connectivity index is 0. The van der Waals surface area contributed by atoms with E-state index >= 15 is 0 Å². The second-order valence-corrected chi connectivity index (χ2v) is 1.34. The molecule has 0 bridgehead atoms. The Hall–Kier alpha value is -0.0651. The largest absolute Gasteiger partial charge is 0.394 e. The van der Waals surface area contributed by atoms with Gasteiger partial charge in [0.1, 0.15) is 0 Å². The summed E-state index contributed by atoms with van der Waals surface area (Å²) in [5.74, 6) is 0. The van der Waals surface area contributed by atoms with Crippen molar-refractivity contribution in [1.82, 2.24) is 0 Å². The summed E-state index contributed by atoms with van der Waals surface area (Å²) in [4.78, 5) is 0. The van der Waals surface area contributed by atoms with Crippen LogP contribution < -0.4 is 0 Å². The first-order chi connectivity index (χ1) is 2.00. The highest BCUT2D eigenvalue weighted by molar-refractivity contribution is 7.79. The van der Waals surface area contributed by atoms with Crippen molar-refractivity contribution in [2.75, 3.05) is 0 Å². The molecule has 0 unspecified atom stereocenters. The van der Waals surface area contributed by atoms with Gasteiger partial charge >= 0.3 is 10.4 Å². The lowest BCUT2D eigenvalue weighted by Crippen LogP contribution is -1.89. The van der Waals surface area contributed by atoms with Crippen LogP contribution in [-0.4, -0.2) is 25.9 Å². The van der Waals surface area contributed by atoms with Gasteiger partial charge in [0, 0.05) is 0 Å². The average Bonchev–Trinajstić information content (AvgIpc) is 0.722. The van der Waals surface area contributed by atoms with Gasteiger partial charge in [-0.3, -0.25) is 9.11 Å². The Kier molecular flexibility index (Phi) is 3.38. The van der Waals surface area contributed by atoms with Crippen LogP contribution in [0, 0.1) is 0 Å². The van der Waals surface area contributed by atoms with Crippen LogP contribution in [0.25, 0.3) is 0 Å². The Morgan fingerprint density at radius 3 is 1.17 bits per heavy atom. The maximum absolute atomic E-state index is 8.74. The highest BCUT2D eigenvalue weighted by Crippen LogP contribution is 1.59. The van der Waals surface area contributed by atoms with Gasteiger partial charge in [-0.2, -0.15) is 8.42 Å². The van der Waals surface area contributed by atoms with Gasteiger partial charge in [-0.05, 0) is 0 Å². The summed E-state index contributed by atoms with van der Waals surface area (Å²) in [5, 5.41) is 0. The quantitative estimate of drug-likeness (QED) is 0.285. The van der Waals surface area contributed by atoms with E-state index in [4.69, 9.17) is 17.5 Å². The molecule has 0 amide bonds. The molecule has 0 atom stereocenters. The molecule has 0 spiro atoms. The van der Waals surface area contributed by atoms with E-state index in [1.165, 1.54) is 0 Å². The average molecular weight is 112 g/mol. The molecule has 0 aromatic heterocycles.